The first-order valence-corrected chi connectivity index (χ1v) is 12.8. The van der Waals surface area contributed by atoms with Crippen molar-refractivity contribution in [2.45, 2.75) is 24.0 Å². The van der Waals surface area contributed by atoms with Gasteiger partial charge in [0.15, 0.2) is 5.16 Å². The topological polar surface area (TPSA) is 76.1 Å². The molecule has 2 unspecified atom stereocenters. The van der Waals surface area contributed by atoms with Crippen LogP contribution in [0.3, 0.4) is 0 Å². The molecule has 6 nitrogen and oxygen atoms in total. The van der Waals surface area contributed by atoms with Crippen LogP contribution >= 0.6 is 47.4 Å². The molecule has 3 aromatic rings. The number of nitrogens with zero attached hydrogens (tertiary/aromatic N) is 2. The molecule has 1 amide bonds. The van der Waals surface area contributed by atoms with Crippen molar-refractivity contribution in [2.75, 3.05) is 26.0 Å². The summed E-state index contributed by atoms with van der Waals surface area (Å²) in [4.78, 5) is 21.6. The number of carbonyl (C=O) groups excluding carboxylic acids is 1. The number of nitrogens with one attached hydrogen (secondary N) is 2. The molecule has 186 valence electrons. The molecule has 2 N–H and O–H groups in total. The van der Waals surface area contributed by atoms with E-state index in [2.05, 4.69) is 20.6 Å². The van der Waals surface area contributed by atoms with E-state index in [0.717, 1.165) is 42.0 Å². The summed E-state index contributed by atoms with van der Waals surface area (Å²) in [6.45, 7) is 1.84. The maximum atomic E-state index is 12.8. The lowest BCUT2D eigenvalue weighted by molar-refractivity contribution is -0.119. The highest BCUT2D eigenvalue weighted by molar-refractivity contribution is 7.99. The lowest BCUT2D eigenvalue weighted by Gasteiger charge is -2.24. The lowest BCUT2D eigenvalue weighted by Crippen LogP contribution is -2.43. The van der Waals surface area contributed by atoms with Crippen molar-refractivity contribution < 1.29 is 9.53 Å². The Morgan fingerprint density at radius 3 is 2.51 bits per heavy atom. The summed E-state index contributed by atoms with van der Waals surface area (Å²) < 4.78 is 5.19. The number of ether oxygens (including phenoxy) is 1. The third-order valence-electron chi connectivity index (χ3n) is 5.84. The molecule has 1 aliphatic heterocycles. The molecule has 1 fully saturated rings. The monoisotopic (exact) mass is 552 g/mol. The third kappa shape index (κ3) is 7.72. The molecule has 0 bridgehead atoms. The smallest absolute Gasteiger partial charge is 0.230 e. The fourth-order valence-corrected chi connectivity index (χ4v) is 4.90. The molecular formula is C25H27Cl3N4O2S. The van der Waals surface area contributed by atoms with Gasteiger partial charge in [-0.2, -0.15) is 0 Å². The summed E-state index contributed by atoms with van der Waals surface area (Å²) >= 11 is 13.6. The van der Waals surface area contributed by atoms with E-state index in [1.807, 2.05) is 36.4 Å². The highest BCUT2D eigenvalue weighted by atomic mass is 35.5. The summed E-state index contributed by atoms with van der Waals surface area (Å²) in [5.74, 6) is 1.38. The van der Waals surface area contributed by atoms with Crippen LogP contribution in [0.5, 0.6) is 5.75 Å². The Bertz CT molecular complexity index is 1110. The molecule has 2 heterocycles. The first-order valence-electron chi connectivity index (χ1n) is 11.0. The van der Waals surface area contributed by atoms with Gasteiger partial charge in [-0.1, -0.05) is 53.2 Å². The fraction of sp³-hybridized carbons (Fsp3) is 0.320. The predicted molar refractivity (Wildman–Crippen MR) is 145 cm³/mol. The van der Waals surface area contributed by atoms with Crippen LogP contribution in [0.4, 0.5) is 0 Å². The minimum absolute atomic E-state index is 0. The standard InChI is InChI=1S/C25H26Cl2N4O2S.ClH/c1-33-20-5-3-17(4-6-20)19-13-29-25(30-14-19)34-15-24(32)31-23(18-8-9-28-12-18)11-16-2-7-21(26)22(27)10-16;/h2-7,10,13-14,18,23,28H,8-9,11-12,15H2,1H3,(H,31,32);1H. The molecule has 0 saturated carbocycles. The second-order valence-corrected chi connectivity index (χ2v) is 9.91. The molecule has 1 aromatic heterocycles. The largest absolute Gasteiger partial charge is 0.497 e. The first-order chi connectivity index (χ1) is 16.5. The van der Waals surface area contributed by atoms with Crippen LogP contribution in [0.25, 0.3) is 11.1 Å². The molecule has 4 rings (SSSR count). The van der Waals surface area contributed by atoms with Crippen molar-refractivity contribution in [2.24, 2.45) is 5.92 Å². The summed E-state index contributed by atoms with van der Waals surface area (Å²) in [5.41, 5.74) is 2.97. The van der Waals surface area contributed by atoms with Crippen LogP contribution in [0.2, 0.25) is 10.0 Å². The van der Waals surface area contributed by atoms with Crippen LogP contribution in [0.15, 0.2) is 60.0 Å². The number of benzene rings is 2. The van der Waals surface area contributed by atoms with E-state index in [0.29, 0.717) is 27.5 Å². The van der Waals surface area contributed by atoms with Crippen LogP contribution in [-0.2, 0) is 11.2 Å². The Morgan fingerprint density at radius 2 is 1.89 bits per heavy atom. The highest BCUT2D eigenvalue weighted by Crippen LogP contribution is 2.26. The average molecular weight is 554 g/mol. The van der Waals surface area contributed by atoms with Crippen molar-refractivity contribution >= 4 is 53.3 Å². The maximum absolute atomic E-state index is 12.8. The zero-order valence-electron chi connectivity index (χ0n) is 19.2. The molecule has 10 heteroatoms. The van der Waals surface area contributed by atoms with Crippen molar-refractivity contribution in [1.82, 2.24) is 20.6 Å². The molecule has 1 aliphatic rings. The van der Waals surface area contributed by atoms with Gasteiger partial charge in [-0.05, 0) is 67.2 Å². The van der Waals surface area contributed by atoms with Crippen LogP contribution in [0, 0.1) is 5.92 Å². The number of aromatic nitrogens is 2. The molecule has 0 spiro atoms. The predicted octanol–water partition coefficient (Wildman–Crippen LogP) is 5.31. The number of carbonyl (C=O) groups is 1. The number of rotatable bonds is 9. The molecule has 1 saturated heterocycles. The quantitative estimate of drug-likeness (QED) is 0.276. The molecule has 0 aliphatic carbocycles. The Labute approximate surface area is 226 Å². The Morgan fingerprint density at radius 1 is 1.14 bits per heavy atom. The number of hydrogen-bond donors (Lipinski definition) is 2. The summed E-state index contributed by atoms with van der Waals surface area (Å²) in [6, 6.07) is 13.4. The van der Waals surface area contributed by atoms with Gasteiger partial charge in [0.1, 0.15) is 5.75 Å². The minimum Gasteiger partial charge on any atom is -0.497 e. The van der Waals surface area contributed by atoms with Gasteiger partial charge in [0.25, 0.3) is 0 Å². The summed E-state index contributed by atoms with van der Waals surface area (Å²) in [5, 5.41) is 8.22. The van der Waals surface area contributed by atoms with Crippen molar-refractivity contribution in [3.05, 3.63) is 70.5 Å². The van der Waals surface area contributed by atoms with Gasteiger partial charge in [0, 0.05) is 24.0 Å². The number of thioether (sulfide) groups is 1. The molecule has 2 aromatic carbocycles. The molecule has 35 heavy (non-hydrogen) atoms. The lowest BCUT2D eigenvalue weighted by atomic mass is 9.92. The summed E-state index contributed by atoms with van der Waals surface area (Å²) in [7, 11) is 1.64. The van der Waals surface area contributed by atoms with Gasteiger partial charge in [-0.25, -0.2) is 9.97 Å². The van der Waals surface area contributed by atoms with Gasteiger partial charge in [0.05, 0.1) is 22.9 Å². The third-order valence-corrected chi connectivity index (χ3v) is 7.45. The number of hydrogen-bond acceptors (Lipinski definition) is 6. The zero-order valence-corrected chi connectivity index (χ0v) is 22.3. The number of methoxy groups -OCH3 is 1. The van der Waals surface area contributed by atoms with E-state index in [9.17, 15) is 4.79 Å². The normalized spacial score (nSPS) is 15.8. The average Bonchev–Trinajstić information content (AvgIpc) is 3.40. The summed E-state index contributed by atoms with van der Waals surface area (Å²) in [6.07, 6.45) is 5.26. The van der Waals surface area contributed by atoms with Crippen molar-refractivity contribution in [3.8, 4) is 16.9 Å². The van der Waals surface area contributed by atoms with Gasteiger partial charge >= 0.3 is 0 Å². The van der Waals surface area contributed by atoms with Crippen molar-refractivity contribution in [3.63, 3.8) is 0 Å². The number of halogens is 3. The molecule has 2 atom stereocenters. The highest BCUT2D eigenvalue weighted by Gasteiger charge is 2.26. The van der Waals surface area contributed by atoms with E-state index in [1.165, 1.54) is 11.8 Å². The van der Waals surface area contributed by atoms with E-state index >= 15 is 0 Å². The van der Waals surface area contributed by atoms with Gasteiger partial charge < -0.3 is 15.4 Å². The van der Waals surface area contributed by atoms with Crippen molar-refractivity contribution in [1.29, 1.82) is 0 Å². The second kappa shape index (κ2) is 13.3. The second-order valence-electron chi connectivity index (χ2n) is 8.15. The SMILES string of the molecule is COc1ccc(-c2cnc(SCC(=O)NC(Cc3ccc(Cl)c(Cl)c3)C3CCNC3)nc2)cc1.Cl. The number of amides is 1. The van der Waals surface area contributed by atoms with Crippen LogP contribution in [0.1, 0.15) is 12.0 Å². The first kappa shape index (κ1) is 27.6. The van der Waals surface area contributed by atoms with Crippen LogP contribution < -0.4 is 15.4 Å². The van der Waals surface area contributed by atoms with Gasteiger partial charge in [-0.15, -0.1) is 12.4 Å². The van der Waals surface area contributed by atoms with E-state index in [-0.39, 0.29) is 30.1 Å². The Hall–Kier alpha value is -2.03. The van der Waals surface area contributed by atoms with Gasteiger partial charge in [0.2, 0.25) is 5.91 Å². The molecule has 0 radical (unpaired) electrons. The molecular weight excluding hydrogens is 527 g/mol. The van der Waals surface area contributed by atoms with Gasteiger partial charge in [-0.3, -0.25) is 4.79 Å². The Kier molecular flexibility index (Phi) is 10.5. The fourth-order valence-electron chi connectivity index (χ4n) is 3.98. The van der Waals surface area contributed by atoms with Crippen LogP contribution in [-0.4, -0.2) is 47.9 Å². The minimum atomic E-state index is -0.0372. The maximum Gasteiger partial charge on any atom is 0.230 e. The Balaban J connectivity index is 0.00000342. The van der Waals surface area contributed by atoms with E-state index < -0.39 is 0 Å². The van der Waals surface area contributed by atoms with E-state index in [1.54, 1.807) is 25.6 Å². The zero-order chi connectivity index (χ0) is 23.9. The van der Waals surface area contributed by atoms with E-state index in [4.69, 9.17) is 27.9 Å².